The van der Waals surface area contributed by atoms with Gasteiger partial charge in [-0.3, -0.25) is 0 Å². The van der Waals surface area contributed by atoms with Crippen LogP contribution in [0.4, 0.5) is 0 Å². The Bertz CT molecular complexity index is 272. The molecule has 0 saturated carbocycles. The normalized spacial score (nSPS) is 12.8. The first-order valence-electron chi connectivity index (χ1n) is 7.46. The van der Waals surface area contributed by atoms with E-state index in [9.17, 15) is 5.11 Å². The lowest BCUT2D eigenvalue weighted by molar-refractivity contribution is 0.140. The summed E-state index contributed by atoms with van der Waals surface area (Å²) in [5.41, 5.74) is 0. The molecule has 0 saturated heterocycles. The van der Waals surface area contributed by atoms with Crippen LogP contribution in [0.3, 0.4) is 0 Å². The first-order chi connectivity index (χ1) is 8.83. The van der Waals surface area contributed by atoms with Crippen molar-refractivity contribution in [3.8, 4) is 0 Å². The summed E-state index contributed by atoms with van der Waals surface area (Å²) in [6.07, 6.45) is 16.6. The van der Waals surface area contributed by atoms with E-state index < -0.39 is 0 Å². The lowest BCUT2D eigenvalue weighted by Crippen LogP contribution is -2.14. The molecule has 18 heavy (non-hydrogen) atoms. The Hall–Kier alpha value is -0.830. The Kier molecular flexibility index (Phi) is 8.57. The van der Waals surface area contributed by atoms with E-state index in [-0.39, 0.29) is 6.10 Å². The number of rotatable bonds is 11. The molecular formula is C15H28N2O. The van der Waals surface area contributed by atoms with Crippen LogP contribution in [0.5, 0.6) is 0 Å². The summed E-state index contributed by atoms with van der Waals surface area (Å²) >= 11 is 0. The Morgan fingerprint density at radius 2 is 1.72 bits per heavy atom. The SMILES string of the molecule is CCCCCCCCCCC(O)Cn1ccnc1. The second kappa shape index (κ2) is 10.1. The zero-order valence-electron chi connectivity index (χ0n) is 11.7. The van der Waals surface area contributed by atoms with Gasteiger partial charge in [-0.25, -0.2) is 4.98 Å². The van der Waals surface area contributed by atoms with E-state index in [0.717, 1.165) is 12.8 Å². The second-order valence-corrected chi connectivity index (χ2v) is 5.18. The number of aromatic nitrogens is 2. The highest BCUT2D eigenvalue weighted by Gasteiger charge is 2.04. The molecule has 0 amide bonds. The van der Waals surface area contributed by atoms with Crippen LogP contribution in [0, 0.1) is 0 Å². The van der Waals surface area contributed by atoms with Crippen molar-refractivity contribution in [2.45, 2.75) is 77.4 Å². The predicted molar refractivity (Wildman–Crippen MR) is 75.5 cm³/mol. The number of nitrogens with zero attached hydrogens (tertiary/aromatic N) is 2. The quantitative estimate of drug-likeness (QED) is 0.609. The highest BCUT2D eigenvalue weighted by atomic mass is 16.3. The lowest BCUT2D eigenvalue weighted by atomic mass is 10.1. The molecule has 0 aliphatic carbocycles. The molecule has 3 nitrogen and oxygen atoms in total. The van der Waals surface area contributed by atoms with Gasteiger partial charge in [-0.15, -0.1) is 0 Å². The molecule has 0 bridgehead atoms. The molecule has 0 spiro atoms. The van der Waals surface area contributed by atoms with Crippen molar-refractivity contribution in [2.75, 3.05) is 0 Å². The molecule has 1 rings (SSSR count). The molecular weight excluding hydrogens is 224 g/mol. The van der Waals surface area contributed by atoms with Gasteiger partial charge in [0.1, 0.15) is 0 Å². The third-order valence-electron chi connectivity index (χ3n) is 3.37. The molecule has 0 aromatic carbocycles. The third kappa shape index (κ3) is 7.49. The maximum absolute atomic E-state index is 9.85. The number of aliphatic hydroxyl groups excluding tert-OH is 1. The molecule has 0 aliphatic rings. The first-order valence-corrected chi connectivity index (χ1v) is 7.46. The maximum Gasteiger partial charge on any atom is 0.0946 e. The van der Waals surface area contributed by atoms with Gasteiger partial charge < -0.3 is 9.67 Å². The van der Waals surface area contributed by atoms with Gasteiger partial charge in [0.25, 0.3) is 0 Å². The topological polar surface area (TPSA) is 38.0 Å². The molecule has 0 fully saturated rings. The number of aliphatic hydroxyl groups is 1. The molecule has 104 valence electrons. The molecule has 1 aromatic heterocycles. The van der Waals surface area contributed by atoms with Crippen LogP contribution in [-0.4, -0.2) is 20.8 Å². The fraction of sp³-hybridized carbons (Fsp3) is 0.800. The third-order valence-corrected chi connectivity index (χ3v) is 3.37. The largest absolute Gasteiger partial charge is 0.391 e. The zero-order valence-corrected chi connectivity index (χ0v) is 11.7. The van der Waals surface area contributed by atoms with E-state index in [1.807, 2.05) is 10.8 Å². The highest BCUT2D eigenvalue weighted by molar-refractivity contribution is 4.75. The summed E-state index contributed by atoms with van der Waals surface area (Å²) in [4.78, 5) is 3.97. The average molecular weight is 252 g/mol. The van der Waals surface area contributed by atoms with Crippen molar-refractivity contribution in [3.05, 3.63) is 18.7 Å². The van der Waals surface area contributed by atoms with E-state index in [1.165, 1.54) is 44.9 Å². The van der Waals surface area contributed by atoms with E-state index in [0.29, 0.717) is 6.54 Å². The monoisotopic (exact) mass is 252 g/mol. The van der Waals surface area contributed by atoms with E-state index in [4.69, 9.17) is 0 Å². The van der Waals surface area contributed by atoms with Crippen molar-refractivity contribution in [3.63, 3.8) is 0 Å². The van der Waals surface area contributed by atoms with E-state index in [2.05, 4.69) is 11.9 Å². The molecule has 1 aromatic rings. The summed E-state index contributed by atoms with van der Waals surface area (Å²) < 4.78 is 1.94. The summed E-state index contributed by atoms with van der Waals surface area (Å²) in [7, 11) is 0. The summed E-state index contributed by atoms with van der Waals surface area (Å²) in [6, 6.07) is 0. The smallest absolute Gasteiger partial charge is 0.0946 e. The van der Waals surface area contributed by atoms with Crippen LogP contribution in [0.25, 0.3) is 0 Å². The van der Waals surface area contributed by atoms with Crippen molar-refractivity contribution >= 4 is 0 Å². The van der Waals surface area contributed by atoms with Gasteiger partial charge in [0.05, 0.1) is 12.4 Å². The standard InChI is InChI=1S/C15H28N2O/c1-2-3-4-5-6-7-8-9-10-15(18)13-17-12-11-16-14-17/h11-12,14-15,18H,2-10,13H2,1H3. The molecule has 1 N–H and O–H groups in total. The van der Waals surface area contributed by atoms with Crippen molar-refractivity contribution in [2.24, 2.45) is 0 Å². The second-order valence-electron chi connectivity index (χ2n) is 5.18. The molecule has 1 atom stereocenters. The Morgan fingerprint density at radius 3 is 2.33 bits per heavy atom. The van der Waals surface area contributed by atoms with Crippen molar-refractivity contribution in [1.82, 2.24) is 9.55 Å². The van der Waals surface area contributed by atoms with Gasteiger partial charge in [-0.2, -0.15) is 0 Å². The minimum Gasteiger partial charge on any atom is -0.391 e. The number of hydrogen-bond acceptors (Lipinski definition) is 2. The fourth-order valence-electron chi connectivity index (χ4n) is 2.24. The van der Waals surface area contributed by atoms with Crippen LogP contribution in [0.15, 0.2) is 18.7 Å². The van der Waals surface area contributed by atoms with Crippen molar-refractivity contribution < 1.29 is 5.11 Å². The van der Waals surface area contributed by atoms with Crippen LogP contribution in [0.1, 0.15) is 64.7 Å². The van der Waals surface area contributed by atoms with Crippen LogP contribution in [0.2, 0.25) is 0 Å². The Balaban J connectivity index is 1.88. The van der Waals surface area contributed by atoms with Crippen LogP contribution in [-0.2, 0) is 6.54 Å². The fourth-order valence-corrected chi connectivity index (χ4v) is 2.24. The van der Waals surface area contributed by atoms with E-state index >= 15 is 0 Å². The minimum atomic E-state index is -0.223. The molecule has 1 unspecified atom stereocenters. The summed E-state index contributed by atoms with van der Waals surface area (Å²) in [5, 5.41) is 9.85. The first kappa shape index (κ1) is 15.2. The zero-order chi connectivity index (χ0) is 13.1. The molecule has 1 heterocycles. The molecule has 3 heteroatoms. The summed E-state index contributed by atoms with van der Waals surface area (Å²) in [5.74, 6) is 0. The van der Waals surface area contributed by atoms with Gasteiger partial charge in [-0.1, -0.05) is 58.3 Å². The van der Waals surface area contributed by atoms with Gasteiger partial charge in [0.2, 0.25) is 0 Å². The Labute approximate surface area is 111 Å². The summed E-state index contributed by atoms with van der Waals surface area (Å²) in [6.45, 7) is 2.93. The van der Waals surface area contributed by atoms with Gasteiger partial charge in [0.15, 0.2) is 0 Å². The van der Waals surface area contributed by atoms with Gasteiger partial charge in [0, 0.05) is 18.9 Å². The highest BCUT2D eigenvalue weighted by Crippen LogP contribution is 2.11. The maximum atomic E-state index is 9.85. The predicted octanol–water partition coefficient (Wildman–Crippen LogP) is 3.77. The molecule has 0 radical (unpaired) electrons. The van der Waals surface area contributed by atoms with Crippen molar-refractivity contribution in [1.29, 1.82) is 0 Å². The van der Waals surface area contributed by atoms with Crippen LogP contribution >= 0.6 is 0 Å². The van der Waals surface area contributed by atoms with Gasteiger partial charge in [-0.05, 0) is 6.42 Å². The molecule has 0 aliphatic heterocycles. The van der Waals surface area contributed by atoms with E-state index in [1.54, 1.807) is 12.5 Å². The average Bonchev–Trinajstić information content (AvgIpc) is 2.85. The van der Waals surface area contributed by atoms with Crippen LogP contribution < -0.4 is 0 Å². The Morgan fingerprint density at radius 1 is 1.06 bits per heavy atom. The number of hydrogen-bond donors (Lipinski definition) is 1. The lowest BCUT2D eigenvalue weighted by Gasteiger charge is -2.10. The van der Waals surface area contributed by atoms with Gasteiger partial charge >= 0.3 is 0 Å². The minimum absolute atomic E-state index is 0.223. The number of unbranched alkanes of at least 4 members (excludes halogenated alkanes) is 7. The number of imidazole rings is 1.